The van der Waals surface area contributed by atoms with Crippen molar-refractivity contribution in [3.63, 3.8) is 0 Å². The molecule has 2 N–H and O–H groups in total. The number of ether oxygens (including phenoxy) is 2. The van der Waals surface area contributed by atoms with Crippen molar-refractivity contribution in [2.75, 3.05) is 7.11 Å². The minimum absolute atomic E-state index is 0.110. The van der Waals surface area contributed by atoms with Crippen LogP contribution in [0.25, 0.3) is 0 Å². The van der Waals surface area contributed by atoms with E-state index in [1.165, 1.54) is 12.8 Å². The summed E-state index contributed by atoms with van der Waals surface area (Å²) in [6.07, 6.45) is 3.84. The highest BCUT2D eigenvalue weighted by atomic mass is 16.5. The molecule has 0 bridgehead atoms. The summed E-state index contributed by atoms with van der Waals surface area (Å²) in [5, 5.41) is 12.4. The lowest BCUT2D eigenvalue weighted by Gasteiger charge is -2.19. The van der Waals surface area contributed by atoms with E-state index in [0.29, 0.717) is 17.1 Å². The molecule has 1 aliphatic rings. The zero-order valence-electron chi connectivity index (χ0n) is 12.6. The van der Waals surface area contributed by atoms with E-state index in [0.717, 1.165) is 12.8 Å². The highest BCUT2D eigenvalue weighted by Crippen LogP contribution is 2.25. The van der Waals surface area contributed by atoms with Crippen LogP contribution >= 0.6 is 0 Å². The third-order valence-corrected chi connectivity index (χ3v) is 3.81. The number of amides is 1. The molecule has 0 aliphatic heterocycles. The van der Waals surface area contributed by atoms with Crippen LogP contribution in [0.2, 0.25) is 0 Å². The second-order valence-corrected chi connectivity index (χ2v) is 5.38. The molecular weight excluding hydrogens is 270 g/mol. The minimum Gasteiger partial charge on any atom is -0.497 e. The average molecular weight is 293 g/mol. The van der Waals surface area contributed by atoms with E-state index in [1.807, 2.05) is 0 Å². The summed E-state index contributed by atoms with van der Waals surface area (Å²) in [7, 11) is 1.56. The Balaban J connectivity index is 1.97. The number of aliphatic hydroxyl groups is 1. The molecule has 1 amide bonds. The van der Waals surface area contributed by atoms with E-state index in [2.05, 4.69) is 5.32 Å². The largest absolute Gasteiger partial charge is 0.497 e. The molecular formula is C16H23NO4. The van der Waals surface area contributed by atoms with Crippen LogP contribution in [0.3, 0.4) is 0 Å². The van der Waals surface area contributed by atoms with Gasteiger partial charge in [-0.3, -0.25) is 4.79 Å². The molecule has 1 unspecified atom stereocenters. The highest BCUT2D eigenvalue weighted by molar-refractivity contribution is 5.81. The fraction of sp³-hybridized carbons (Fsp3) is 0.562. The van der Waals surface area contributed by atoms with Crippen molar-refractivity contribution in [1.82, 2.24) is 5.32 Å². The molecule has 2 rings (SSSR count). The summed E-state index contributed by atoms with van der Waals surface area (Å²) in [6, 6.07) is 5.44. The molecule has 0 saturated heterocycles. The van der Waals surface area contributed by atoms with Crippen molar-refractivity contribution >= 4 is 5.91 Å². The molecule has 0 radical (unpaired) electrons. The van der Waals surface area contributed by atoms with Gasteiger partial charge in [-0.1, -0.05) is 12.8 Å². The van der Waals surface area contributed by atoms with Gasteiger partial charge in [0, 0.05) is 11.6 Å². The van der Waals surface area contributed by atoms with Gasteiger partial charge in [0.25, 0.3) is 5.91 Å². The molecule has 5 heteroatoms. The molecule has 116 valence electrons. The SMILES string of the molecule is COc1ccc(OC(C)C(=O)NC2CCCC2)c(CO)c1. The molecule has 21 heavy (non-hydrogen) atoms. The van der Waals surface area contributed by atoms with Crippen LogP contribution in [0, 0.1) is 0 Å². The first-order valence-electron chi connectivity index (χ1n) is 7.39. The lowest BCUT2D eigenvalue weighted by Crippen LogP contribution is -2.41. The van der Waals surface area contributed by atoms with Crippen LogP contribution in [-0.2, 0) is 11.4 Å². The first-order valence-corrected chi connectivity index (χ1v) is 7.39. The molecule has 1 aromatic rings. The summed E-state index contributed by atoms with van der Waals surface area (Å²) in [5.74, 6) is 1.04. The zero-order valence-corrected chi connectivity index (χ0v) is 12.6. The van der Waals surface area contributed by atoms with Crippen LogP contribution in [0.5, 0.6) is 11.5 Å². The smallest absolute Gasteiger partial charge is 0.260 e. The van der Waals surface area contributed by atoms with Crippen LogP contribution in [0.1, 0.15) is 38.2 Å². The Hall–Kier alpha value is -1.75. The number of hydrogen-bond acceptors (Lipinski definition) is 4. The number of carbonyl (C=O) groups is 1. The third kappa shape index (κ3) is 4.11. The lowest BCUT2D eigenvalue weighted by atomic mass is 10.2. The molecule has 1 saturated carbocycles. The number of hydrogen-bond donors (Lipinski definition) is 2. The van der Waals surface area contributed by atoms with E-state index in [1.54, 1.807) is 32.2 Å². The normalized spacial score (nSPS) is 16.5. The fourth-order valence-electron chi connectivity index (χ4n) is 2.55. The maximum Gasteiger partial charge on any atom is 0.260 e. The molecule has 0 aromatic heterocycles. The highest BCUT2D eigenvalue weighted by Gasteiger charge is 2.22. The maximum absolute atomic E-state index is 12.1. The van der Waals surface area contributed by atoms with Crippen LogP contribution < -0.4 is 14.8 Å². The van der Waals surface area contributed by atoms with Crippen LogP contribution in [0.4, 0.5) is 0 Å². The minimum atomic E-state index is -0.593. The predicted octanol–water partition coefficient (Wildman–Crippen LogP) is 2.01. The second kappa shape index (κ2) is 7.31. The van der Waals surface area contributed by atoms with Gasteiger partial charge in [0.2, 0.25) is 0 Å². The molecule has 1 aromatic carbocycles. The number of carbonyl (C=O) groups excluding carboxylic acids is 1. The Morgan fingerprint density at radius 2 is 2.14 bits per heavy atom. The Labute approximate surface area is 125 Å². The van der Waals surface area contributed by atoms with Gasteiger partial charge in [-0.2, -0.15) is 0 Å². The first-order chi connectivity index (χ1) is 10.1. The molecule has 5 nitrogen and oxygen atoms in total. The van der Waals surface area contributed by atoms with E-state index >= 15 is 0 Å². The summed E-state index contributed by atoms with van der Waals surface area (Å²) >= 11 is 0. The quantitative estimate of drug-likeness (QED) is 0.842. The molecule has 1 aliphatic carbocycles. The molecule has 1 atom stereocenters. The number of methoxy groups -OCH3 is 1. The Morgan fingerprint density at radius 3 is 2.76 bits per heavy atom. The van der Waals surface area contributed by atoms with Gasteiger partial charge in [-0.05, 0) is 38.0 Å². The Morgan fingerprint density at radius 1 is 1.43 bits per heavy atom. The van der Waals surface area contributed by atoms with E-state index in [-0.39, 0.29) is 18.6 Å². The van der Waals surface area contributed by atoms with Crippen molar-refractivity contribution in [2.45, 2.75) is 51.4 Å². The van der Waals surface area contributed by atoms with Crippen molar-refractivity contribution < 1.29 is 19.4 Å². The average Bonchev–Trinajstić information content (AvgIpc) is 3.00. The van der Waals surface area contributed by atoms with Gasteiger partial charge in [-0.15, -0.1) is 0 Å². The van der Waals surface area contributed by atoms with E-state index in [9.17, 15) is 9.90 Å². The van der Waals surface area contributed by atoms with Crippen molar-refractivity contribution in [3.05, 3.63) is 23.8 Å². The topological polar surface area (TPSA) is 67.8 Å². The number of nitrogens with one attached hydrogen (secondary N) is 1. The fourth-order valence-corrected chi connectivity index (χ4v) is 2.55. The maximum atomic E-state index is 12.1. The number of rotatable bonds is 6. The number of benzene rings is 1. The second-order valence-electron chi connectivity index (χ2n) is 5.38. The van der Waals surface area contributed by atoms with Crippen molar-refractivity contribution in [3.8, 4) is 11.5 Å². The van der Waals surface area contributed by atoms with E-state index in [4.69, 9.17) is 9.47 Å². The summed E-state index contributed by atoms with van der Waals surface area (Å²) in [4.78, 5) is 12.1. The first kappa shape index (κ1) is 15.6. The van der Waals surface area contributed by atoms with Gasteiger partial charge in [0.15, 0.2) is 6.10 Å². The van der Waals surface area contributed by atoms with Crippen molar-refractivity contribution in [2.24, 2.45) is 0 Å². The van der Waals surface area contributed by atoms with Gasteiger partial charge in [0.1, 0.15) is 11.5 Å². The third-order valence-electron chi connectivity index (χ3n) is 3.81. The van der Waals surface area contributed by atoms with E-state index < -0.39 is 6.10 Å². The Bertz CT molecular complexity index is 483. The van der Waals surface area contributed by atoms with Crippen LogP contribution in [0.15, 0.2) is 18.2 Å². The van der Waals surface area contributed by atoms with Crippen molar-refractivity contribution in [1.29, 1.82) is 0 Å². The molecule has 0 spiro atoms. The number of aliphatic hydroxyl groups excluding tert-OH is 1. The Kier molecular flexibility index (Phi) is 5.44. The van der Waals surface area contributed by atoms with Gasteiger partial charge in [-0.25, -0.2) is 0 Å². The van der Waals surface area contributed by atoms with Gasteiger partial charge < -0.3 is 19.9 Å². The molecule has 1 fully saturated rings. The monoisotopic (exact) mass is 293 g/mol. The lowest BCUT2D eigenvalue weighted by molar-refractivity contribution is -0.128. The predicted molar refractivity (Wildman–Crippen MR) is 79.4 cm³/mol. The zero-order chi connectivity index (χ0) is 15.2. The summed E-state index contributed by atoms with van der Waals surface area (Å²) < 4.78 is 10.8. The standard InChI is InChI=1S/C16H23NO4/c1-11(16(19)17-13-5-3-4-6-13)21-15-8-7-14(20-2)9-12(15)10-18/h7-9,11,13,18H,3-6,10H2,1-2H3,(H,17,19). The van der Waals surface area contributed by atoms with Gasteiger partial charge >= 0.3 is 0 Å². The van der Waals surface area contributed by atoms with Crippen LogP contribution in [-0.4, -0.2) is 30.3 Å². The summed E-state index contributed by atoms with van der Waals surface area (Å²) in [5.41, 5.74) is 0.606. The molecule has 0 heterocycles. The van der Waals surface area contributed by atoms with Gasteiger partial charge in [0.05, 0.1) is 13.7 Å². The summed E-state index contributed by atoms with van der Waals surface area (Å²) in [6.45, 7) is 1.55.